The van der Waals surface area contributed by atoms with Crippen LogP contribution in [0.25, 0.3) is 0 Å². The van der Waals surface area contributed by atoms with E-state index in [-0.39, 0.29) is 11.9 Å². The van der Waals surface area contributed by atoms with Gasteiger partial charge in [-0.15, -0.1) is 0 Å². The molecular formula is C17H16O2. The lowest BCUT2D eigenvalue weighted by Gasteiger charge is -2.11. The van der Waals surface area contributed by atoms with E-state index in [1.807, 2.05) is 36.4 Å². The molecule has 3 rings (SSSR count). The summed E-state index contributed by atoms with van der Waals surface area (Å²) in [6, 6.07) is 18.5. The molecule has 0 radical (unpaired) electrons. The van der Waals surface area contributed by atoms with Gasteiger partial charge in [-0.05, 0) is 23.1 Å². The fourth-order valence-electron chi connectivity index (χ4n) is 3.00. The van der Waals surface area contributed by atoms with Gasteiger partial charge in [0.05, 0.1) is 13.0 Å². The van der Waals surface area contributed by atoms with Gasteiger partial charge in [0.2, 0.25) is 0 Å². The molecule has 2 nitrogen and oxygen atoms in total. The van der Waals surface area contributed by atoms with E-state index in [0.29, 0.717) is 5.92 Å². The summed E-state index contributed by atoms with van der Waals surface area (Å²) in [5.41, 5.74) is 3.63. The van der Waals surface area contributed by atoms with Crippen LogP contribution in [0.2, 0.25) is 0 Å². The Bertz CT molecular complexity index is 589. The van der Waals surface area contributed by atoms with Gasteiger partial charge in [-0.3, -0.25) is 4.79 Å². The number of esters is 1. The van der Waals surface area contributed by atoms with Crippen molar-refractivity contribution in [1.29, 1.82) is 0 Å². The molecule has 0 amide bonds. The number of benzene rings is 2. The van der Waals surface area contributed by atoms with Crippen molar-refractivity contribution in [3.8, 4) is 0 Å². The first-order valence-electron chi connectivity index (χ1n) is 6.53. The summed E-state index contributed by atoms with van der Waals surface area (Å²) in [7, 11) is 1.46. The number of carbonyl (C=O) groups excluding carboxylic acids is 1. The number of ether oxygens (including phenoxy) is 1. The molecule has 19 heavy (non-hydrogen) atoms. The molecular weight excluding hydrogens is 236 g/mol. The van der Waals surface area contributed by atoms with Crippen molar-refractivity contribution in [3.05, 3.63) is 71.3 Å². The lowest BCUT2D eigenvalue weighted by molar-refractivity contribution is -0.142. The summed E-state index contributed by atoms with van der Waals surface area (Å²) in [4.78, 5) is 11.9. The maximum absolute atomic E-state index is 11.9. The third-order valence-corrected chi connectivity index (χ3v) is 3.91. The lowest BCUT2D eigenvalue weighted by Crippen LogP contribution is -2.11. The number of rotatable bonds is 2. The third-order valence-electron chi connectivity index (χ3n) is 3.91. The standard InChI is InChI=1S/C17H16O2/c1-19-17(18)16-11-15(12-7-3-2-4-8-12)13-9-5-6-10-14(13)16/h2-10,15-16H,11H2,1H3/t15-,16+/m0/s1. The van der Waals surface area contributed by atoms with Gasteiger partial charge < -0.3 is 4.74 Å². The van der Waals surface area contributed by atoms with Crippen molar-refractivity contribution in [2.45, 2.75) is 18.3 Å². The van der Waals surface area contributed by atoms with Crippen LogP contribution >= 0.6 is 0 Å². The van der Waals surface area contributed by atoms with Crippen molar-refractivity contribution < 1.29 is 9.53 Å². The minimum absolute atomic E-state index is 0.133. The van der Waals surface area contributed by atoms with E-state index in [0.717, 1.165) is 12.0 Å². The van der Waals surface area contributed by atoms with E-state index in [2.05, 4.69) is 18.2 Å². The fraction of sp³-hybridized carbons (Fsp3) is 0.235. The highest BCUT2D eigenvalue weighted by atomic mass is 16.5. The van der Waals surface area contributed by atoms with E-state index < -0.39 is 0 Å². The summed E-state index contributed by atoms with van der Waals surface area (Å²) in [6.45, 7) is 0. The molecule has 0 heterocycles. The molecule has 1 aliphatic carbocycles. The Morgan fingerprint density at radius 2 is 1.63 bits per heavy atom. The molecule has 0 saturated carbocycles. The Balaban J connectivity index is 2.04. The van der Waals surface area contributed by atoms with Crippen LogP contribution in [0.4, 0.5) is 0 Å². The highest BCUT2D eigenvalue weighted by Crippen LogP contribution is 2.45. The maximum atomic E-state index is 11.9. The Hall–Kier alpha value is -2.09. The van der Waals surface area contributed by atoms with Crippen molar-refractivity contribution >= 4 is 5.97 Å². The molecule has 0 fully saturated rings. The van der Waals surface area contributed by atoms with Gasteiger partial charge in [-0.25, -0.2) is 0 Å². The molecule has 0 saturated heterocycles. The van der Waals surface area contributed by atoms with Gasteiger partial charge in [-0.2, -0.15) is 0 Å². The van der Waals surface area contributed by atoms with Crippen LogP contribution < -0.4 is 0 Å². The van der Waals surface area contributed by atoms with Crippen LogP contribution in [0.3, 0.4) is 0 Å². The first kappa shape index (κ1) is 12.0. The van der Waals surface area contributed by atoms with Gasteiger partial charge in [-0.1, -0.05) is 54.6 Å². The Labute approximate surface area is 113 Å². The van der Waals surface area contributed by atoms with E-state index in [1.165, 1.54) is 18.2 Å². The van der Waals surface area contributed by atoms with Crippen molar-refractivity contribution in [1.82, 2.24) is 0 Å². The van der Waals surface area contributed by atoms with Crippen LogP contribution in [-0.4, -0.2) is 13.1 Å². The molecule has 96 valence electrons. The van der Waals surface area contributed by atoms with E-state index in [4.69, 9.17) is 4.74 Å². The molecule has 0 unspecified atom stereocenters. The SMILES string of the molecule is COC(=O)[C@@H]1C[C@@H](c2ccccc2)c2ccccc21. The fourth-order valence-corrected chi connectivity index (χ4v) is 3.00. The molecule has 1 aliphatic rings. The van der Waals surface area contributed by atoms with Gasteiger partial charge in [0.1, 0.15) is 0 Å². The minimum Gasteiger partial charge on any atom is -0.469 e. The van der Waals surface area contributed by atoms with Gasteiger partial charge in [0.15, 0.2) is 0 Å². The second-order valence-corrected chi connectivity index (χ2v) is 4.90. The normalized spacial score (nSPS) is 20.9. The Kier molecular flexibility index (Phi) is 3.08. The van der Waals surface area contributed by atoms with Gasteiger partial charge in [0, 0.05) is 5.92 Å². The molecule has 0 bridgehead atoms. The minimum atomic E-state index is -0.133. The summed E-state index contributed by atoms with van der Waals surface area (Å²) in [5.74, 6) is 0.0267. The Morgan fingerprint density at radius 1 is 1.00 bits per heavy atom. The summed E-state index contributed by atoms with van der Waals surface area (Å²) in [6.07, 6.45) is 0.802. The quantitative estimate of drug-likeness (QED) is 0.765. The molecule has 2 aromatic carbocycles. The van der Waals surface area contributed by atoms with Gasteiger partial charge >= 0.3 is 5.97 Å². The molecule has 0 spiro atoms. The summed E-state index contributed by atoms with van der Waals surface area (Å²) >= 11 is 0. The lowest BCUT2D eigenvalue weighted by atomic mass is 9.93. The molecule has 2 atom stereocenters. The van der Waals surface area contributed by atoms with Crippen LogP contribution in [0.5, 0.6) is 0 Å². The number of fused-ring (bicyclic) bond motifs is 1. The Morgan fingerprint density at radius 3 is 2.32 bits per heavy atom. The number of carbonyl (C=O) groups is 1. The van der Waals surface area contributed by atoms with Crippen LogP contribution in [0, 0.1) is 0 Å². The largest absolute Gasteiger partial charge is 0.469 e. The smallest absolute Gasteiger partial charge is 0.313 e. The zero-order chi connectivity index (χ0) is 13.2. The molecule has 0 aliphatic heterocycles. The molecule has 2 aromatic rings. The molecule has 0 N–H and O–H groups in total. The average molecular weight is 252 g/mol. The van der Waals surface area contributed by atoms with E-state index in [9.17, 15) is 4.79 Å². The first-order valence-corrected chi connectivity index (χ1v) is 6.53. The molecule has 2 heteroatoms. The topological polar surface area (TPSA) is 26.3 Å². The van der Waals surface area contributed by atoms with Crippen molar-refractivity contribution in [3.63, 3.8) is 0 Å². The summed E-state index contributed by atoms with van der Waals surface area (Å²) < 4.78 is 4.94. The highest BCUT2D eigenvalue weighted by Gasteiger charge is 2.36. The second-order valence-electron chi connectivity index (χ2n) is 4.90. The number of hydrogen-bond donors (Lipinski definition) is 0. The average Bonchev–Trinajstić information content (AvgIpc) is 2.87. The molecule has 0 aromatic heterocycles. The number of hydrogen-bond acceptors (Lipinski definition) is 2. The second kappa shape index (κ2) is 4.88. The third kappa shape index (κ3) is 2.03. The van der Waals surface area contributed by atoms with E-state index in [1.54, 1.807) is 0 Å². The predicted octanol–water partition coefficient (Wildman–Crippen LogP) is 3.48. The van der Waals surface area contributed by atoms with Crippen LogP contribution in [-0.2, 0) is 9.53 Å². The zero-order valence-corrected chi connectivity index (χ0v) is 10.9. The van der Waals surface area contributed by atoms with E-state index >= 15 is 0 Å². The van der Waals surface area contributed by atoms with Crippen LogP contribution in [0.15, 0.2) is 54.6 Å². The monoisotopic (exact) mass is 252 g/mol. The zero-order valence-electron chi connectivity index (χ0n) is 10.9. The number of methoxy groups -OCH3 is 1. The van der Waals surface area contributed by atoms with Crippen molar-refractivity contribution in [2.24, 2.45) is 0 Å². The first-order chi connectivity index (χ1) is 9.31. The highest BCUT2D eigenvalue weighted by molar-refractivity contribution is 5.80. The van der Waals surface area contributed by atoms with Crippen LogP contribution in [0.1, 0.15) is 34.9 Å². The van der Waals surface area contributed by atoms with Gasteiger partial charge in [0.25, 0.3) is 0 Å². The summed E-state index contributed by atoms with van der Waals surface area (Å²) in [5, 5.41) is 0. The van der Waals surface area contributed by atoms with Crippen molar-refractivity contribution in [2.75, 3.05) is 7.11 Å². The predicted molar refractivity (Wildman–Crippen MR) is 74.1 cm³/mol. The maximum Gasteiger partial charge on any atom is 0.313 e.